The molecule has 2 fully saturated rings. The van der Waals surface area contributed by atoms with Crippen molar-refractivity contribution in [2.75, 3.05) is 0 Å². The molecule has 1 unspecified atom stereocenters. The standard InChI is InChI=1S/C16H19N3O6/c17-15(18-11(20)5-6-12(18)21)9-1-3-10(4-2-9)16(24)25-19-13(22)7-8-14(19)23/h5-6,9-10,15H,1-4,7-8,17H2. The van der Waals surface area contributed by atoms with E-state index in [4.69, 9.17) is 10.6 Å². The Morgan fingerprint density at radius 1 is 1.00 bits per heavy atom. The second-order valence-corrected chi connectivity index (χ2v) is 6.47. The first kappa shape index (κ1) is 17.3. The van der Waals surface area contributed by atoms with Crippen LogP contribution in [0.5, 0.6) is 0 Å². The van der Waals surface area contributed by atoms with Crippen molar-refractivity contribution >= 4 is 29.6 Å². The van der Waals surface area contributed by atoms with Crippen LogP contribution >= 0.6 is 0 Å². The van der Waals surface area contributed by atoms with Crippen LogP contribution in [0.4, 0.5) is 0 Å². The van der Waals surface area contributed by atoms with Gasteiger partial charge in [0, 0.05) is 25.0 Å². The van der Waals surface area contributed by atoms with Gasteiger partial charge in [-0.3, -0.25) is 24.1 Å². The molecule has 9 heteroatoms. The molecular formula is C16H19N3O6. The number of rotatable bonds is 4. The zero-order valence-electron chi connectivity index (χ0n) is 13.6. The van der Waals surface area contributed by atoms with Gasteiger partial charge < -0.3 is 10.6 Å². The zero-order valence-corrected chi connectivity index (χ0v) is 13.6. The van der Waals surface area contributed by atoms with Crippen molar-refractivity contribution in [2.45, 2.75) is 44.7 Å². The molecule has 0 bridgehead atoms. The summed E-state index contributed by atoms with van der Waals surface area (Å²) >= 11 is 0. The predicted molar refractivity (Wildman–Crippen MR) is 81.6 cm³/mol. The van der Waals surface area contributed by atoms with E-state index in [1.807, 2.05) is 0 Å². The Morgan fingerprint density at radius 2 is 1.52 bits per heavy atom. The minimum atomic E-state index is -0.728. The fourth-order valence-electron chi connectivity index (χ4n) is 3.44. The minimum absolute atomic E-state index is 0.0552. The van der Waals surface area contributed by atoms with Gasteiger partial charge in [-0.2, -0.15) is 0 Å². The molecule has 134 valence electrons. The first-order valence-corrected chi connectivity index (χ1v) is 8.27. The highest BCUT2D eigenvalue weighted by Gasteiger charge is 2.39. The maximum absolute atomic E-state index is 12.2. The molecule has 2 N–H and O–H groups in total. The highest BCUT2D eigenvalue weighted by Crippen LogP contribution is 2.33. The number of nitrogens with two attached hydrogens (primary N) is 1. The lowest BCUT2D eigenvalue weighted by Crippen LogP contribution is -2.51. The van der Waals surface area contributed by atoms with Crippen molar-refractivity contribution in [1.82, 2.24) is 9.96 Å². The van der Waals surface area contributed by atoms with Crippen LogP contribution < -0.4 is 5.73 Å². The van der Waals surface area contributed by atoms with Crippen molar-refractivity contribution in [3.8, 4) is 0 Å². The Hall–Kier alpha value is -2.55. The molecule has 1 saturated heterocycles. The summed E-state index contributed by atoms with van der Waals surface area (Å²) < 4.78 is 0. The Bertz CT molecular complexity index is 631. The normalized spacial score (nSPS) is 28.0. The smallest absolute Gasteiger partial charge is 0.330 e. The first-order valence-electron chi connectivity index (χ1n) is 8.27. The quantitative estimate of drug-likeness (QED) is 0.685. The molecule has 3 aliphatic rings. The lowest BCUT2D eigenvalue weighted by molar-refractivity contribution is -0.201. The highest BCUT2D eigenvalue weighted by atomic mass is 16.7. The SMILES string of the molecule is NC(C1CCC(C(=O)ON2C(=O)CCC2=O)CC1)N1C(=O)C=CC1=O. The summed E-state index contributed by atoms with van der Waals surface area (Å²) in [7, 11) is 0. The maximum Gasteiger partial charge on any atom is 0.336 e. The molecule has 1 saturated carbocycles. The molecule has 0 aromatic carbocycles. The van der Waals surface area contributed by atoms with Crippen LogP contribution in [0.15, 0.2) is 12.2 Å². The topological polar surface area (TPSA) is 127 Å². The maximum atomic E-state index is 12.2. The van der Waals surface area contributed by atoms with Crippen molar-refractivity contribution in [3.63, 3.8) is 0 Å². The number of hydrogen-bond acceptors (Lipinski definition) is 7. The number of nitrogens with zero attached hydrogens (tertiary/aromatic N) is 2. The van der Waals surface area contributed by atoms with E-state index in [0.717, 1.165) is 4.90 Å². The third-order valence-electron chi connectivity index (χ3n) is 4.92. The van der Waals surface area contributed by atoms with Gasteiger partial charge in [0.05, 0.1) is 12.1 Å². The summed E-state index contributed by atoms with van der Waals surface area (Å²) in [6, 6.07) is 0. The summed E-state index contributed by atoms with van der Waals surface area (Å²) in [5.74, 6) is -3.01. The van der Waals surface area contributed by atoms with Gasteiger partial charge >= 0.3 is 5.97 Å². The van der Waals surface area contributed by atoms with Gasteiger partial charge in [-0.25, -0.2) is 4.79 Å². The molecule has 4 amide bonds. The average molecular weight is 349 g/mol. The second-order valence-electron chi connectivity index (χ2n) is 6.47. The molecule has 0 spiro atoms. The van der Waals surface area contributed by atoms with Crippen LogP contribution in [0.25, 0.3) is 0 Å². The molecule has 3 rings (SSSR count). The predicted octanol–water partition coefficient (Wildman–Crippen LogP) is -0.390. The molecule has 0 radical (unpaired) electrons. The monoisotopic (exact) mass is 349 g/mol. The summed E-state index contributed by atoms with van der Waals surface area (Å²) in [4.78, 5) is 64.5. The van der Waals surface area contributed by atoms with Gasteiger partial charge in [0.2, 0.25) is 0 Å². The van der Waals surface area contributed by atoms with Crippen LogP contribution in [-0.4, -0.2) is 45.7 Å². The Labute approximate surface area is 143 Å². The van der Waals surface area contributed by atoms with Crippen LogP contribution in [0.2, 0.25) is 0 Å². The molecule has 1 aliphatic carbocycles. The molecule has 0 aromatic heterocycles. The van der Waals surface area contributed by atoms with Gasteiger partial charge in [0.15, 0.2) is 0 Å². The Morgan fingerprint density at radius 3 is 2.04 bits per heavy atom. The van der Waals surface area contributed by atoms with Crippen molar-refractivity contribution in [3.05, 3.63) is 12.2 Å². The fourth-order valence-corrected chi connectivity index (χ4v) is 3.44. The number of hydrogen-bond donors (Lipinski definition) is 1. The van der Waals surface area contributed by atoms with E-state index in [0.29, 0.717) is 30.7 Å². The van der Waals surface area contributed by atoms with E-state index in [9.17, 15) is 24.0 Å². The third kappa shape index (κ3) is 3.32. The summed E-state index contributed by atoms with van der Waals surface area (Å²) in [6.45, 7) is 0. The van der Waals surface area contributed by atoms with Crippen molar-refractivity contribution in [1.29, 1.82) is 0 Å². The molecule has 2 aliphatic heterocycles. The summed E-state index contributed by atoms with van der Waals surface area (Å²) in [5.41, 5.74) is 6.06. The largest absolute Gasteiger partial charge is 0.336 e. The molecule has 9 nitrogen and oxygen atoms in total. The lowest BCUT2D eigenvalue weighted by Gasteiger charge is -2.34. The van der Waals surface area contributed by atoms with Gasteiger partial charge in [-0.05, 0) is 31.6 Å². The average Bonchev–Trinajstić information content (AvgIpc) is 3.10. The third-order valence-corrected chi connectivity index (χ3v) is 4.92. The second kappa shape index (κ2) is 6.75. The number of imide groups is 2. The first-order chi connectivity index (χ1) is 11.9. The molecular weight excluding hydrogens is 330 g/mol. The van der Waals surface area contributed by atoms with Crippen molar-refractivity contribution < 1.29 is 28.8 Å². The van der Waals surface area contributed by atoms with E-state index in [-0.39, 0.29) is 18.8 Å². The van der Waals surface area contributed by atoms with Gasteiger partial charge in [-0.15, -0.1) is 5.06 Å². The summed E-state index contributed by atoms with van der Waals surface area (Å²) in [5, 5.41) is 0.549. The molecule has 1 atom stereocenters. The summed E-state index contributed by atoms with van der Waals surface area (Å²) in [6.07, 6.45) is 3.76. The lowest BCUT2D eigenvalue weighted by atomic mass is 9.80. The van der Waals surface area contributed by atoms with E-state index < -0.39 is 41.7 Å². The van der Waals surface area contributed by atoms with Crippen LogP contribution in [0.3, 0.4) is 0 Å². The van der Waals surface area contributed by atoms with E-state index >= 15 is 0 Å². The van der Waals surface area contributed by atoms with Crippen LogP contribution in [0.1, 0.15) is 38.5 Å². The van der Waals surface area contributed by atoms with Gasteiger partial charge in [0.25, 0.3) is 23.6 Å². The molecule has 2 heterocycles. The Kier molecular flexibility index (Phi) is 4.67. The fraction of sp³-hybridized carbons (Fsp3) is 0.562. The number of hydroxylamine groups is 2. The van der Waals surface area contributed by atoms with Gasteiger partial charge in [-0.1, -0.05) is 0 Å². The van der Waals surface area contributed by atoms with Crippen molar-refractivity contribution in [2.24, 2.45) is 17.6 Å². The zero-order chi connectivity index (χ0) is 18.1. The number of carbonyl (C=O) groups is 5. The highest BCUT2D eigenvalue weighted by molar-refractivity contribution is 6.13. The molecule has 0 aromatic rings. The van der Waals surface area contributed by atoms with E-state index in [1.54, 1.807) is 0 Å². The number of carbonyl (C=O) groups excluding carboxylic acids is 5. The number of amides is 4. The van der Waals surface area contributed by atoms with E-state index in [2.05, 4.69) is 0 Å². The van der Waals surface area contributed by atoms with Crippen LogP contribution in [-0.2, 0) is 28.8 Å². The van der Waals surface area contributed by atoms with E-state index in [1.165, 1.54) is 12.2 Å². The minimum Gasteiger partial charge on any atom is -0.330 e. The molecule has 25 heavy (non-hydrogen) atoms. The van der Waals surface area contributed by atoms with Crippen LogP contribution in [0, 0.1) is 11.8 Å². The van der Waals surface area contributed by atoms with Gasteiger partial charge in [0.1, 0.15) is 0 Å². The Balaban J connectivity index is 1.52.